The highest BCUT2D eigenvalue weighted by molar-refractivity contribution is 6.08. The molecule has 0 saturated carbocycles. The normalized spacial score (nSPS) is 11.5. The number of furan rings is 2. The lowest BCUT2D eigenvalue weighted by atomic mass is 9.87. The van der Waals surface area contributed by atoms with Gasteiger partial charge in [-0.2, -0.15) is 5.26 Å². The fourth-order valence-electron chi connectivity index (χ4n) is 5.80. The van der Waals surface area contributed by atoms with E-state index in [0.29, 0.717) is 5.56 Å². The Kier molecular flexibility index (Phi) is 4.89. The fourth-order valence-corrected chi connectivity index (χ4v) is 5.80. The minimum absolute atomic E-state index is 0.638. The Morgan fingerprint density at radius 2 is 0.875 bits per heavy atom. The summed E-state index contributed by atoms with van der Waals surface area (Å²) in [6, 6.07) is 45.6. The molecule has 0 unspecified atom stereocenters. The van der Waals surface area contributed by atoms with Crippen molar-refractivity contribution in [3.63, 3.8) is 0 Å². The lowest BCUT2D eigenvalue weighted by Gasteiger charge is -2.14. The van der Waals surface area contributed by atoms with Gasteiger partial charge >= 0.3 is 0 Å². The van der Waals surface area contributed by atoms with Crippen molar-refractivity contribution in [1.29, 1.82) is 5.26 Å². The van der Waals surface area contributed by atoms with Crippen molar-refractivity contribution in [3.8, 4) is 39.4 Å². The molecule has 40 heavy (non-hydrogen) atoms. The van der Waals surface area contributed by atoms with Gasteiger partial charge < -0.3 is 8.83 Å². The van der Waals surface area contributed by atoms with Crippen LogP contribution in [0.1, 0.15) is 5.56 Å². The number of nitrogens with zero attached hydrogens (tertiary/aromatic N) is 1. The van der Waals surface area contributed by atoms with Gasteiger partial charge in [-0.25, -0.2) is 0 Å². The molecule has 2 heterocycles. The van der Waals surface area contributed by atoms with E-state index >= 15 is 0 Å². The molecular weight excluding hydrogens is 490 g/mol. The first kappa shape index (κ1) is 22.4. The quantitative estimate of drug-likeness (QED) is 0.237. The molecular formula is C37H21NO2. The number of nitriles is 1. The summed E-state index contributed by atoms with van der Waals surface area (Å²) >= 11 is 0. The Morgan fingerprint density at radius 1 is 0.400 bits per heavy atom. The van der Waals surface area contributed by atoms with Crippen molar-refractivity contribution in [2.75, 3.05) is 0 Å². The van der Waals surface area contributed by atoms with E-state index in [1.807, 2.05) is 78.9 Å². The van der Waals surface area contributed by atoms with Gasteiger partial charge in [0.2, 0.25) is 0 Å². The molecule has 0 saturated heterocycles. The number of hydrogen-bond donors (Lipinski definition) is 0. The second-order valence-corrected chi connectivity index (χ2v) is 10.0. The van der Waals surface area contributed by atoms with E-state index in [9.17, 15) is 5.26 Å². The zero-order valence-corrected chi connectivity index (χ0v) is 21.4. The average Bonchev–Trinajstić information content (AvgIpc) is 3.58. The summed E-state index contributed by atoms with van der Waals surface area (Å²) in [6.07, 6.45) is 0. The molecule has 3 heteroatoms. The molecule has 0 fully saturated rings. The number of para-hydroxylation sites is 2. The molecule has 0 spiro atoms. The van der Waals surface area contributed by atoms with Crippen molar-refractivity contribution < 1.29 is 8.83 Å². The molecule has 0 N–H and O–H groups in total. The van der Waals surface area contributed by atoms with Crippen LogP contribution >= 0.6 is 0 Å². The van der Waals surface area contributed by atoms with Crippen LogP contribution in [-0.4, -0.2) is 0 Å². The molecule has 0 aliphatic heterocycles. The van der Waals surface area contributed by atoms with Gasteiger partial charge in [-0.05, 0) is 70.8 Å². The Morgan fingerprint density at radius 3 is 1.40 bits per heavy atom. The lowest BCUT2D eigenvalue weighted by molar-refractivity contribution is 0.668. The van der Waals surface area contributed by atoms with Crippen molar-refractivity contribution in [3.05, 3.63) is 133 Å². The molecule has 6 aromatic carbocycles. The van der Waals surface area contributed by atoms with Gasteiger partial charge in [-0.3, -0.25) is 0 Å². The molecule has 0 aliphatic carbocycles. The molecule has 0 bridgehead atoms. The highest BCUT2D eigenvalue weighted by Gasteiger charge is 2.18. The molecule has 186 valence electrons. The smallest absolute Gasteiger partial charge is 0.135 e. The van der Waals surface area contributed by atoms with Crippen LogP contribution in [0.25, 0.3) is 77.3 Å². The number of benzene rings is 6. The van der Waals surface area contributed by atoms with Crippen LogP contribution < -0.4 is 0 Å². The minimum atomic E-state index is 0.638. The molecule has 2 aromatic heterocycles. The molecule has 0 aliphatic rings. The third kappa shape index (κ3) is 3.44. The van der Waals surface area contributed by atoms with Gasteiger partial charge in [0.05, 0.1) is 5.56 Å². The molecule has 8 rings (SSSR count). The van der Waals surface area contributed by atoms with Gasteiger partial charge in [0, 0.05) is 32.7 Å². The maximum Gasteiger partial charge on any atom is 0.135 e. The van der Waals surface area contributed by atoms with E-state index < -0.39 is 0 Å². The standard InChI is InChI=1S/C37H21NO2/c38-22-33-29(24-14-16-36-31(18-24)27-10-4-6-12-34(27)39-36)20-26(23-8-2-1-3-9-23)21-30(33)25-15-17-37-32(19-25)28-11-5-7-13-35(28)40-37/h1-21H. The number of rotatable bonds is 3. The lowest BCUT2D eigenvalue weighted by Crippen LogP contribution is -1.93. The summed E-state index contributed by atoms with van der Waals surface area (Å²) in [5, 5.41) is 14.8. The second kappa shape index (κ2) is 8.73. The zero-order valence-electron chi connectivity index (χ0n) is 21.4. The first-order chi connectivity index (χ1) is 19.8. The van der Waals surface area contributed by atoms with Crippen LogP contribution in [0.2, 0.25) is 0 Å². The van der Waals surface area contributed by atoms with Crippen molar-refractivity contribution >= 4 is 43.9 Å². The second-order valence-electron chi connectivity index (χ2n) is 10.0. The molecule has 3 nitrogen and oxygen atoms in total. The summed E-state index contributed by atoms with van der Waals surface area (Å²) in [4.78, 5) is 0. The summed E-state index contributed by atoms with van der Waals surface area (Å²) in [5.41, 5.74) is 9.90. The Hall–Kier alpha value is -5.59. The van der Waals surface area contributed by atoms with Gasteiger partial charge in [-0.1, -0.05) is 78.9 Å². The maximum absolute atomic E-state index is 10.6. The van der Waals surface area contributed by atoms with Crippen molar-refractivity contribution in [2.45, 2.75) is 0 Å². The summed E-state index contributed by atoms with van der Waals surface area (Å²) < 4.78 is 12.2. The van der Waals surface area contributed by atoms with E-state index in [1.54, 1.807) is 0 Å². The monoisotopic (exact) mass is 511 g/mol. The Labute approximate surface area is 230 Å². The van der Waals surface area contributed by atoms with E-state index in [2.05, 4.69) is 54.6 Å². The highest BCUT2D eigenvalue weighted by Crippen LogP contribution is 2.41. The van der Waals surface area contributed by atoms with Crippen LogP contribution in [0.15, 0.2) is 136 Å². The number of fused-ring (bicyclic) bond motifs is 6. The zero-order chi connectivity index (χ0) is 26.6. The van der Waals surface area contributed by atoms with E-state index in [-0.39, 0.29) is 0 Å². The largest absolute Gasteiger partial charge is 0.456 e. The van der Waals surface area contributed by atoms with Crippen molar-refractivity contribution in [2.24, 2.45) is 0 Å². The van der Waals surface area contributed by atoms with E-state index in [1.165, 1.54) is 0 Å². The maximum atomic E-state index is 10.6. The van der Waals surface area contributed by atoms with Crippen molar-refractivity contribution in [1.82, 2.24) is 0 Å². The Bertz CT molecular complexity index is 2140. The summed E-state index contributed by atoms with van der Waals surface area (Å²) in [7, 11) is 0. The van der Waals surface area contributed by atoms with E-state index in [0.717, 1.165) is 77.3 Å². The highest BCUT2D eigenvalue weighted by atomic mass is 16.3. The predicted octanol–water partition coefficient (Wildman–Crippen LogP) is 10.4. The van der Waals surface area contributed by atoms with Crippen LogP contribution in [-0.2, 0) is 0 Å². The summed E-state index contributed by atoms with van der Waals surface area (Å²) in [5.74, 6) is 0. The minimum Gasteiger partial charge on any atom is -0.456 e. The molecule has 8 aromatic rings. The topological polar surface area (TPSA) is 50.1 Å². The number of hydrogen-bond acceptors (Lipinski definition) is 3. The van der Waals surface area contributed by atoms with Gasteiger partial charge in [0.25, 0.3) is 0 Å². The Balaban J connectivity index is 1.41. The van der Waals surface area contributed by atoms with E-state index in [4.69, 9.17) is 8.83 Å². The van der Waals surface area contributed by atoms with Gasteiger partial charge in [0.1, 0.15) is 28.4 Å². The van der Waals surface area contributed by atoms with Gasteiger partial charge in [0.15, 0.2) is 0 Å². The molecule has 0 radical (unpaired) electrons. The first-order valence-corrected chi connectivity index (χ1v) is 13.2. The predicted molar refractivity (Wildman–Crippen MR) is 162 cm³/mol. The van der Waals surface area contributed by atoms with Crippen LogP contribution in [0.5, 0.6) is 0 Å². The molecule has 0 amide bonds. The van der Waals surface area contributed by atoms with Gasteiger partial charge in [-0.15, -0.1) is 0 Å². The summed E-state index contributed by atoms with van der Waals surface area (Å²) in [6.45, 7) is 0. The fraction of sp³-hybridized carbons (Fsp3) is 0. The average molecular weight is 512 g/mol. The first-order valence-electron chi connectivity index (χ1n) is 13.2. The SMILES string of the molecule is N#Cc1c(-c2ccc3oc4ccccc4c3c2)cc(-c2ccccc2)cc1-c1ccc2oc3ccccc3c2c1. The molecule has 0 atom stereocenters. The van der Waals surface area contributed by atoms with Crippen LogP contribution in [0.3, 0.4) is 0 Å². The third-order valence-electron chi connectivity index (χ3n) is 7.73. The van der Waals surface area contributed by atoms with Crippen LogP contribution in [0, 0.1) is 11.3 Å². The van der Waals surface area contributed by atoms with Crippen LogP contribution in [0.4, 0.5) is 0 Å². The third-order valence-corrected chi connectivity index (χ3v) is 7.73.